The lowest BCUT2D eigenvalue weighted by Gasteiger charge is -2.32. The summed E-state index contributed by atoms with van der Waals surface area (Å²) in [7, 11) is 0. The quantitative estimate of drug-likeness (QED) is 0.785. The topological polar surface area (TPSA) is 66.6 Å². The van der Waals surface area contributed by atoms with Gasteiger partial charge in [-0.15, -0.1) is 12.4 Å². The minimum Gasteiger partial charge on any atom is -0.342 e. The van der Waals surface area contributed by atoms with E-state index in [9.17, 15) is 9.59 Å². The molecule has 2 amide bonds. The Labute approximate surface area is 163 Å². The molecule has 2 N–H and O–H groups in total. The lowest BCUT2D eigenvalue weighted by molar-refractivity contribution is -0.141. The average Bonchev–Trinajstić information content (AvgIpc) is 2.98. The van der Waals surface area contributed by atoms with Crippen LogP contribution in [0.1, 0.15) is 19.3 Å². The number of anilines is 1. The molecule has 0 aliphatic carbocycles. The number of rotatable bonds is 3. The lowest BCUT2D eigenvalue weighted by Crippen LogP contribution is -2.45. The van der Waals surface area contributed by atoms with E-state index in [0.29, 0.717) is 54.3 Å². The number of carbonyl (C=O) groups excluding carboxylic acids is 2. The highest BCUT2D eigenvalue weighted by atomic mass is 35.5. The Balaban J connectivity index is 0.00000225. The van der Waals surface area contributed by atoms with E-state index in [4.69, 9.17) is 28.9 Å². The van der Waals surface area contributed by atoms with Gasteiger partial charge in [-0.25, -0.2) is 0 Å². The van der Waals surface area contributed by atoms with Gasteiger partial charge in [0.25, 0.3) is 0 Å². The van der Waals surface area contributed by atoms with Crippen LogP contribution < -0.4 is 10.6 Å². The maximum atomic E-state index is 12.7. The van der Waals surface area contributed by atoms with Gasteiger partial charge in [0, 0.05) is 24.7 Å². The van der Waals surface area contributed by atoms with Gasteiger partial charge in [0.1, 0.15) is 5.92 Å². The van der Waals surface area contributed by atoms with Gasteiger partial charge in [-0.3, -0.25) is 9.59 Å². The van der Waals surface area contributed by atoms with E-state index in [-0.39, 0.29) is 24.2 Å². The number of nitrogens with two attached hydrogens (primary N) is 1. The van der Waals surface area contributed by atoms with Crippen LogP contribution in [0.3, 0.4) is 0 Å². The predicted octanol–water partition coefficient (Wildman–Crippen LogP) is 2.97. The zero-order chi connectivity index (χ0) is 17.3. The van der Waals surface area contributed by atoms with Crippen LogP contribution in [-0.4, -0.2) is 42.9 Å². The summed E-state index contributed by atoms with van der Waals surface area (Å²) in [6.45, 7) is 2.50. The number of halogens is 3. The fourth-order valence-corrected chi connectivity index (χ4v) is 3.84. The molecule has 1 aromatic carbocycles. The minimum absolute atomic E-state index is 0. The van der Waals surface area contributed by atoms with Gasteiger partial charge in [-0.05, 0) is 49.9 Å². The minimum atomic E-state index is -0.616. The number of carbonyl (C=O) groups is 2. The summed E-state index contributed by atoms with van der Waals surface area (Å²) < 4.78 is 0. The molecule has 1 unspecified atom stereocenters. The van der Waals surface area contributed by atoms with Gasteiger partial charge in [-0.2, -0.15) is 0 Å². The molecule has 0 radical (unpaired) electrons. The fourth-order valence-electron chi connectivity index (χ4n) is 3.45. The Bertz CT molecular complexity index is 648. The molecule has 2 aliphatic rings. The van der Waals surface area contributed by atoms with E-state index in [1.807, 2.05) is 0 Å². The van der Waals surface area contributed by atoms with Gasteiger partial charge in [0.2, 0.25) is 11.8 Å². The number of likely N-dealkylation sites (tertiary alicyclic amines) is 1. The molecular formula is C17H22Cl3N3O2. The molecule has 25 heavy (non-hydrogen) atoms. The van der Waals surface area contributed by atoms with Crippen molar-refractivity contribution in [3.05, 3.63) is 28.2 Å². The highest BCUT2D eigenvalue weighted by molar-refractivity contribution is 6.36. The summed E-state index contributed by atoms with van der Waals surface area (Å²) in [5.41, 5.74) is 6.27. The van der Waals surface area contributed by atoms with E-state index in [1.165, 1.54) is 0 Å². The number of piperidine rings is 1. The molecule has 0 aromatic heterocycles. The van der Waals surface area contributed by atoms with Gasteiger partial charge in [0.05, 0.1) is 10.7 Å². The third kappa shape index (κ3) is 4.22. The molecule has 2 heterocycles. The molecule has 0 saturated carbocycles. The maximum Gasteiger partial charge on any atom is 0.239 e. The normalized spacial score (nSPS) is 21.4. The number of nitrogens with zero attached hydrogens (tertiary/aromatic N) is 2. The van der Waals surface area contributed by atoms with Crippen molar-refractivity contribution < 1.29 is 9.59 Å². The maximum absolute atomic E-state index is 12.7. The van der Waals surface area contributed by atoms with E-state index < -0.39 is 5.92 Å². The SMILES string of the molecule is Cl.NCC1CCN(C(=O)C2CCN(c3cc(Cl)ccc3Cl)C2=O)CC1. The van der Waals surface area contributed by atoms with Crippen LogP contribution >= 0.6 is 35.6 Å². The second-order valence-corrected chi connectivity index (χ2v) is 7.27. The first-order valence-electron chi connectivity index (χ1n) is 8.26. The summed E-state index contributed by atoms with van der Waals surface area (Å²) in [6.07, 6.45) is 2.33. The van der Waals surface area contributed by atoms with E-state index in [1.54, 1.807) is 28.0 Å². The molecule has 1 aromatic rings. The lowest BCUT2D eigenvalue weighted by atomic mass is 9.95. The predicted molar refractivity (Wildman–Crippen MR) is 103 cm³/mol. The Morgan fingerprint density at radius 1 is 1.16 bits per heavy atom. The number of amides is 2. The number of benzene rings is 1. The van der Waals surface area contributed by atoms with Gasteiger partial charge in [0.15, 0.2) is 0 Å². The molecule has 0 bridgehead atoms. The average molecular weight is 407 g/mol. The third-order valence-electron chi connectivity index (χ3n) is 4.96. The van der Waals surface area contributed by atoms with Crippen molar-refractivity contribution in [3.8, 4) is 0 Å². The van der Waals surface area contributed by atoms with Crippen molar-refractivity contribution in [2.24, 2.45) is 17.6 Å². The fraction of sp³-hybridized carbons (Fsp3) is 0.529. The van der Waals surface area contributed by atoms with Crippen molar-refractivity contribution in [1.29, 1.82) is 0 Å². The molecule has 1 atom stereocenters. The second kappa shape index (κ2) is 8.58. The molecule has 2 saturated heterocycles. The monoisotopic (exact) mass is 405 g/mol. The van der Waals surface area contributed by atoms with Crippen molar-refractivity contribution in [3.63, 3.8) is 0 Å². The molecule has 2 aliphatic heterocycles. The molecule has 138 valence electrons. The van der Waals surface area contributed by atoms with Gasteiger partial charge >= 0.3 is 0 Å². The van der Waals surface area contributed by atoms with Crippen molar-refractivity contribution >= 4 is 53.1 Å². The molecule has 5 nitrogen and oxygen atoms in total. The number of hydrogen-bond acceptors (Lipinski definition) is 3. The van der Waals surface area contributed by atoms with Crippen molar-refractivity contribution in [2.75, 3.05) is 31.1 Å². The highest BCUT2D eigenvalue weighted by Crippen LogP contribution is 2.34. The Kier molecular flexibility index (Phi) is 6.97. The van der Waals surface area contributed by atoms with Crippen LogP contribution in [-0.2, 0) is 9.59 Å². The van der Waals surface area contributed by atoms with E-state index in [2.05, 4.69) is 0 Å². The highest BCUT2D eigenvalue weighted by Gasteiger charge is 2.40. The summed E-state index contributed by atoms with van der Waals surface area (Å²) in [5, 5.41) is 0.977. The van der Waals surface area contributed by atoms with Gasteiger partial charge < -0.3 is 15.5 Å². The third-order valence-corrected chi connectivity index (χ3v) is 5.52. The Morgan fingerprint density at radius 3 is 2.48 bits per heavy atom. The van der Waals surface area contributed by atoms with Crippen molar-refractivity contribution in [1.82, 2.24) is 4.90 Å². The zero-order valence-electron chi connectivity index (χ0n) is 13.8. The van der Waals surface area contributed by atoms with Crippen LogP contribution in [0, 0.1) is 11.8 Å². The summed E-state index contributed by atoms with van der Waals surface area (Å²) in [4.78, 5) is 28.8. The van der Waals surface area contributed by atoms with Crippen LogP contribution in [0.2, 0.25) is 10.0 Å². The van der Waals surface area contributed by atoms with Crippen molar-refractivity contribution in [2.45, 2.75) is 19.3 Å². The first kappa shape index (κ1) is 20.3. The van der Waals surface area contributed by atoms with Crippen LogP contribution in [0.25, 0.3) is 0 Å². The second-order valence-electron chi connectivity index (χ2n) is 6.43. The first-order chi connectivity index (χ1) is 11.5. The molecule has 2 fully saturated rings. The van der Waals surface area contributed by atoms with Crippen LogP contribution in [0.5, 0.6) is 0 Å². The molecular weight excluding hydrogens is 385 g/mol. The zero-order valence-corrected chi connectivity index (χ0v) is 16.1. The summed E-state index contributed by atoms with van der Waals surface area (Å²) in [5.74, 6) is -0.397. The van der Waals surface area contributed by atoms with Crippen LogP contribution in [0.4, 0.5) is 5.69 Å². The van der Waals surface area contributed by atoms with Crippen LogP contribution in [0.15, 0.2) is 18.2 Å². The summed E-state index contributed by atoms with van der Waals surface area (Å²) >= 11 is 12.2. The smallest absolute Gasteiger partial charge is 0.239 e. The van der Waals surface area contributed by atoms with Gasteiger partial charge in [-0.1, -0.05) is 23.2 Å². The molecule has 0 spiro atoms. The Morgan fingerprint density at radius 2 is 1.84 bits per heavy atom. The largest absolute Gasteiger partial charge is 0.342 e. The summed E-state index contributed by atoms with van der Waals surface area (Å²) in [6, 6.07) is 5.01. The first-order valence-corrected chi connectivity index (χ1v) is 9.02. The standard InChI is InChI=1S/C17H21Cl2N3O2.ClH/c18-12-1-2-14(19)15(9-12)22-8-5-13(17(22)24)16(23)21-6-3-11(10-20)4-7-21;/h1-2,9,11,13H,3-8,10,20H2;1H. The molecule has 3 rings (SSSR count). The van der Waals surface area contributed by atoms with E-state index >= 15 is 0 Å². The van der Waals surface area contributed by atoms with E-state index in [0.717, 1.165) is 12.8 Å². The Hall–Kier alpha value is -1.01. The molecule has 8 heteroatoms. The number of hydrogen-bond donors (Lipinski definition) is 1.